The fourth-order valence-corrected chi connectivity index (χ4v) is 2.39. The smallest absolute Gasteiger partial charge is 0.269 e. The largest absolute Gasteiger partial charge is 0.326 e. The molecular formula is C16H14FN3O. The minimum Gasteiger partial charge on any atom is -0.326 e. The summed E-state index contributed by atoms with van der Waals surface area (Å²) in [5.74, 6) is -0.328. The highest BCUT2D eigenvalue weighted by Crippen LogP contribution is 2.15. The Labute approximate surface area is 120 Å². The molecule has 5 heteroatoms. The van der Waals surface area contributed by atoms with Crippen LogP contribution in [0.4, 0.5) is 4.39 Å². The summed E-state index contributed by atoms with van der Waals surface area (Å²) in [6.45, 7) is 0.569. The van der Waals surface area contributed by atoms with Crippen LogP contribution in [0.25, 0.3) is 11.0 Å². The summed E-state index contributed by atoms with van der Waals surface area (Å²) in [6.07, 6.45) is 1.30. The third kappa shape index (κ3) is 2.55. The van der Waals surface area contributed by atoms with E-state index in [0.717, 1.165) is 16.6 Å². The Morgan fingerprint density at radius 1 is 1.14 bits per heavy atom. The van der Waals surface area contributed by atoms with E-state index in [2.05, 4.69) is 4.98 Å². The Kier molecular flexibility index (Phi) is 3.50. The molecule has 0 unspecified atom stereocenters. The molecule has 0 aliphatic carbocycles. The van der Waals surface area contributed by atoms with Crippen molar-refractivity contribution in [3.05, 3.63) is 76.0 Å². The first-order valence-corrected chi connectivity index (χ1v) is 6.61. The Bertz CT molecular complexity index is 858. The van der Waals surface area contributed by atoms with Crippen molar-refractivity contribution < 1.29 is 4.39 Å². The molecule has 3 aromatic rings. The lowest BCUT2D eigenvalue weighted by Gasteiger charge is -2.12. The molecule has 0 radical (unpaired) electrons. The molecular weight excluding hydrogens is 269 g/mol. The van der Waals surface area contributed by atoms with Crippen molar-refractivity contribution in [3.63, 3.8) is 0 Å². The van der Waals surface area contributed by atoms with Gasteiger partial charge in [-0.2, -0.15) is 0 Å². The molecule has 106 valence electrons. The van der Waals surface area contributed by atoms with E-state index in [-0.39, 0.29) is 17.9 Å². The lowest BCUT2D eigenvalue weighted by molar-refractivity contribution is 0.623. The third-order valence-corrected chi connectivity index (χ3v) is 3.47. The van der Waals surface area contributed by atoms with Crippen molar-refractivity contribution >= 4 is 11.0 Å². The van der Waals surface area contributed by atoms with Crippen LogP contribution in [0.3, 0.4) is 0 Å². The third-order valence-electron chi connectivity index (χ3n) is 3.47. The number of fused-ring (bicyclic) bond motifs is 1. The minimum absolute atomic E-state index is 0.194. The monoisotopic (exact) mass is 283 g/mol. The molecule has 0 aliphatic rings. The van der Waals surface area contributed by atoms with Crippen molar-refractivity contribution in [1.82, 2.24) is 9.55 Å². The molecule has 0 atom stereocenters. The van der Waals surface area contributed by atoms with Gasteiger partial charge in [0.1, 0.15) is 5.82 Å². The second-order valence-corrected chi connectivity index (χ2v) is 4.79. The maximum Gasteiger partial charge on any atom is 0.269 e. The second-order valence-electron chi connectivity index (χ2n) is 4.79. The van der Waals surface area contributed by atoms with Crippen molar-refractivity contribution in [1.29, 1.82) is 0 Å². The standard InChI is InChI=1S/C16H14FN3O/c17-13-6-5-11(12(7-13)8-18)10-20-15-4-2-1-3-14(15)19-9-16(20)21/h1-7,9H,8,10,18H2. The predicted octanol–water partition coefficient (Wildman–Crippen LogP) is 2.04. The lowest BCUT2D eigenvalue weighted by Crippen LogP contribution is -2.22. The highest BCUT2D eigenvalue weighted by Gasteiger charge is 2.08. The average molecular weight is 283 g/mol. The maximum absolute atomic E-state index is 13.3. The van der Waals surface area contributed by atoms with E-state index in [1.54, 1.807) is 10.6 Å². The zero-order chi connectivity index (χ0) is 14.8. The van der Waals surface area contributed by atoms with Gasteiger partial charge in [0.2, 0.25) is 0 Å². The van der Waals surface area contributed by atoms with Crippen LogP contribution in [-0.4, -0.2) is 9.55 Å². The minimum atomic E-state index is -0.328. The fraction of sp³-hybridized carbons (Fsp3) is 0.125. The van der Waals surface area contributed by atoms with E-state index in [1.165, 1.54) is 18.3 Å². The van der Waals surface area contributed by atoms with Crippen LogP contribution < -0.4 is 11.3 Å². The topological polar surface area (TPSA) is 60.9 Å². The molecule has 0 amide bonds. The molecule has 0 spiro atoms. The number of nitrogens with zero attached hydrogens (tertiary/aromatic N) is 2. The van der Waals surface area contributed by atoms with E-state index in [1.807, 2.05) is 24.3 Å². The number of aromatic nitrogens is 2. The zero-order valence-electron chi connectivity index (χ0n) is 11.3. The van der Waals surface area contributed by atoms with Crippen LogP contribution in [0, 0.1) is 5.82 Å². The van der Waals surface area contributed by atoms with E-state index in [4.69, 9.17) is 5.73 Å². The van der Waals surface area contributed by atoms with Crippen LogP contribution in [0.1, 0.15) is 11.1 Å². The van der Waals surface area contributed by atoms with E-state index in [0.29, 0.717) is 12.1 Å². The zero-order valence-corrected chi connectivity index (χ0v) is 11.3. The van der Waals surface area contributed by atoms with Gasteiger partial charge in [-0.3, -0.25) is 4.79 Å². The number of rotatable bonds is 3. The molecule has 2 aromatic carbocycles. The second kappa shape index (κ2) is 5.46. The highest BCUT2D eigenvalue weighted by molar-refractivity contribution is 5.74. The molecule has 21 heavy (non-hydrogen) atoms. The quantitative estimate of drug-likeness (QED) is 0.800. The number of para-hydroxylation sites is 2. The molecule has 0 saturated carbocycles. The normalized spacial score (nSPS) is 11.0. The summed E-state index contributed by atoms with van der Waals surface area (Å²) >= 11 is 0. The van der Waals surface area contributed by atoms with E-state index in [9.17, 15) is 9.18 Å². The van der Waals surface area contributed by atoms with Crippen LogP contribution in [-0.2, 0) is 13.1 Å². The summed E-state index contributed by atoms with van der Waals surface area (Å²) < 4.78 is 14.9. The van der Waals surface area contributed by atoms with Gasteiger partial charge in [0.05, 0.1) is 23.8 Å². The highest BCUT2D eigenvalue weighted by atomic mass is 19.1. The van der Waals surface area contributed by atoms with Crippen LogP contribution >= 0.6 is 0 Å². The number of halogens is 1. The molecule has 1 heterocycles. The number of hydrogen-bond donors (Lipinski definition) is 1. The first-order chi connectivity index (χ1) is 10.2. The number of hydrogen-bond acceptors (Lipinski definition) is 3. The Morgan fingerprint density at radius 2 is 1.95 bits per heavy atom. The molecule has 3 rings (SSSR count). The van der Waals surface area contributed by atoms with Gasteiger partial charge in [-0.25, -0.2) is 9.37 Å². The SMILES string of the molecule is NCc1cc(F)ccc1Cn1c(=O)cnc2ccccc21. The predicted molar refractivity (Wildman–Crippen MR) is 79.4 cm³/mol. The van der Waals surface area contributed by atoms with Crippen LogP contribution in [0.15, 0.2) is 53.5 Å². The summed E-state index contributed by atoms with van der Waals surface area (Å²) in [6, 6.07) is 11.9. The molecule has 0 saturated heterocycles. The summed E-state index contributed by atoms with van der Waals surface area (Å²) in [4.78, 5) is 16.2. The van der Waals surface area contributed by atoms with E-state index >= 15 is 0 Å². The average Bonchev–Trinajstić information content (AvgIpc) is 2.51. The molecule has 0 aliphatic heterocycles. The first kappa shape index (κ1) is 13.5. The summed E-state index contributed by atoms with van der Waals surface area (Å²) in [5, 5.41) is 0. The summed E-state index contributed by atoms with van der Waals surface area (Å²) in [5.41, 5.74) is 8.48. The molecule has 1 aromatic heterocycles. The number of nitrogens with two attached hydrogens (primary N) is 1. The van der Waals surface area contributed by atoms with Crippen molar-refractivity contribution in [3.8, 4) is 0 Å². The fourth-order valence-electron chi connectivity index (χ4n) is 2.39. The lowest BCUT2D eigenvalue weighted by atomic mass is 10.1. The van der Waals surface area contributed by atoms with Gasteiger partial charge < -0.3 is 10.3 Å². The van der Waals surface area contributed by atoms with E-state index < -0.39 is 0 Å². The molecule has 0 bridgehead atoms. The van der Waals surface area contributed by atoms with Gasteiger partial charge in [0, 0.05) is 6.54 Å². The molecule has 2 N–H and O–H groups in total. The van der Waals surface area contributed by atoms with Gasteiger partial charge in [-0.05, 0) is 35.4 Å². The number of benzene rings is 2. The van der Waals surface area contributed by atoms with Gasteiger partial charge in [-0.1, -0.05) is 18.2 Å². The van der Waals surface area contributed by atoms with Crippen molar-refractivity contribution in [2.24, 2.45) is 5.73 Å². The Balaban J connectivity index is 2.14. The Morgan fingerprint density at radius 3 is 2.76 bits per heavy atom. The van der Waals surface area contributed by atoms with Gasteiger partial charge >= 0.3 is 0 Å². The first-order valence-electron chi connectivity index (χ1n) is 6.61. The Hall–Kier alpha value is -2.53. The van der Waals surface area contributed by atoms with Crippen LogP contribution in [0.2, 0.25) is 0 Å². The summed E-state index contributed by atoms with van der Waals surface area (Å²) in [7, 11) is 0. The van der Waals surface area contributed by atoms with Gasteiger partial charge in [0.15, 0.2) is 0 Å². The van der Waals surface area contributed by atoms with Crippen molar-refractivity contribution in [2.45, 2.75) is 13.1 Å². The van der Waals surface area contributed by atoms with Crippen LogP contribution in [0.5, 0.6) is 0 Å². The molecule has 4 nitrogen and oxygen atoms in total. The van der Waals surface area contributed by atoms with Gasteiger partial charge in [0.25, 0.3) is 5.56 Å². The molecule has 0 fully saturated rings. The van der Waals surface area contributed by atoms with Gasteiger partial charge in [-0.15, -0.1) is 0 Å². The maximum atomic E-state index is 13.3. The van der Waals surface area contributed by atoms with Crippen molar-refractivity contribution in [2.75, 3.05) is 0 Å².